The highest BCUT2D eigenvalue weighted by molar-refractivity contribution is 6.17. The average Bonchev–Trinajstić information content (AvgIpc) is 2.19. The van der Waals surface area contributed by atoms with Crippen LogP contribution in [0.1, 0.15) is 18.9 Å². The predicted molar refractivity (Wildman–Crippen MR) is 58.3 cm³/mol. The van der Waals surface area contributed by atoms with Crippen molar-refractivity contribution in [3.05, 3.63) is 23.8 Å². The summed E-state index contributed by atoms with van der Waals surface area (Å²) in [5.74, 6) is 1.41. The van der Waals surface area contributed by atoms with Crippen molar-refractivity contribution in [2.75, 3.05) is 12.5 Å². The van der Waals surface area contributed by atoms with Crippen LogP contribution in [0.3, 0.4) is 0 Å². The number of alkyl halides is 1. The Morgan fingerprint density at radius 3 is 2.86 bits per heavy atom. The monoisotopic (exact) mass is 214 g/mol. The second-order valence-electron chi connectivity index (χ2n) is 3.03. The summed E-state index contributed by atoms with van der Waals surface area (Å²) in [7, 11) is 0. The van der Waals surface area contributed by atoms with Gasteiger partial charge < -0.3 is 9.84 Å². The van der Waals surface area contributed by atoms with Crippen LogP contribution in [0, 0.1) is 0 Å². The summed E-state index contributed by atoms with van der Waals surface area (Å²) in [5.41, 5.74) is 1.15. The zero-order chi connectivity index (χ0) is 10.4. The Balaban J connectivity index is 2.72. The molecule has 14 heavy (non-hydrogen) atoms. The number of hydrogen-bond acceptors (Lipinski definition) is 2. The highest BCUT2D eigenvalue weighted by Gasteiger charge is 2.02. The van der Waals surface area contributed by atoms with Crippen LogP contribution in [0.15, 0.2) is 18.2 Å². The molecule has 1 aromatic rings. The number of benzene rings is 1. The summed E-state index contributed by atoms with van der Waals surface area (Å²) >= 11 is 5.60. The minimum atomic E-state index is 0.196. The molecule has 0 aliphatic heterocycles. The highest BCUT2D eigenvalue weighted by atomic mass is 35.5. The van der Waals surface area contributed by atoms with Gasteiger partial charge in [-0.25, -0.2) is 0 Å². The normalized spacial score (nSPS) is 10.1. The molecule has 0 amide bonds. The van der Waals surface area contributed by atoms with E-state index in [0.717, 1.165) is 18.4 Å². The number of hydrogen-bond donors (Lipinski definition) is 1. The number of ether oxygens (including phenoxy) is 1. The Morgan fingerprint density at radius 1 is 1.43 bits per heavy atom. The van der Waals surface area contributed by atoms with Gasteiger partial charge in [-0.3, -0.25) is 0 Å². The molecule has 0 aromatic heterocycles. The third-order valence-corrected chi connectivity index (χ3v) is 2.19. The molecule has 1 N–H and O–H groups in total. The number of rotatable bonds is 5. The fourth-order valence-corrected chi connectivity index (χ4v) is 1.39. The molecule has 2 nitrogen and oxygen atoms in total. The summed E-state index contributed by atoms with van der Waals surface area (Å²) in [5, 5.41) is 9.44. The molecular formula is C11H15ClO2. The van der Waals surface area contributed by atoms with Crippen molar-refractivity contribution in [1.82, 2.24) is 0 Å². The van der Waals surface area contributed by atoms with Gasteiger partial charge in [-0.05, 0) is 37.5 Å². The van der Waals surface area contributed by atoms with Crippen LogP contribution >= 0.6 is 11.6 Å². The zero-order valence-corrected chi connectivity index (χ0v) is 9.05. The highest BCUT2D eigenvalue weighted by Crippen LogP contribution is 2.27. The lowest BCUT2D eigenvalue weighted by atomic mass is 10.1. The second kappa shape index (κ2) is 5.76. The third-order valence-electron chi connectivity index (χ3n) is 1.92. The van der Waals surface area contributed by atoms with Gasteiger partial charge in [0.15, 0.2) is 11.5 Å². The minimum absolute atomic E-state index is 0.196. The maximum absolute atomic E-state index is 9.44. The van der Waals surface area contributed by atoms with Crippen molar-refractivity contribution in [1.29, 1.82) is 0 Å². The van der Waals surface area contributed by atoms with Gasteiger partial charge in [-0.2, -0.15) is 0 Å². The van der Waals surface area contributed by atoms with Crippen LogP contribution in [0.4, 0.5) is 0 Å². The van der Waals surface area contributed by atoms with Gasteiger partial charge in [-0.1, -0.05) is 6.07 Å². The van der Waals surface area contributed by atoms with Crippen molar-refractivity contribution >= 4 is 11.6 Å². The maximum Gasteiger partial charge on any atom is 0.161 e. The molecule has 0 saturated heterocycles. The molecule has 0 unspecified atom stereocenters. The Bertz CT molecular complexity index is 287. The van der Waals surface area contributed by atoms with Crippen LogP contribution < -0.4 is 4.74 Å². The molecule has 0 spiro atoms. The molecule has 0 aliphatic carbocycles. The molecule has 0 fully saturated rings. The van der Waals surface area contributed by atoms with Gasteiger partial charge >= 0.3 is 0 Å². The molecule has 0 heterocycles. The van der Waals surface area contributed by atoms with Crippen molar-refractivity contribution in [2.45, 2.75) is 19.8 Å². The standard InChI is InChI=1S/C11H15ClO2/c1-2-14-11-8-9(4-3-7-12)5-6-10(11)13/h5-6,8,13H,2-4,7H2,1H3. The lowest BCUT2D eigenvalue weighted by Gasteiger charge is -2.07. The van der Waals surface area contributed by atoms with E-state index in [1.165, 1.54) is 0 Å². The topological polar surface area (TPSA) is 29.5 Å². The lowest BCUT2D eigenvalue weighted by molar-refractivity contribution is 0.317. The largest absolute Gasteiger partial charge is 0.504 e. The number of phenols is 1. The minimum Gasteiger partial charge on any atom is -0.504 e. The first-order valence-corrected chi connectivity index (χ1v) is 5.32. The molecule has 3 heteroatoms. The van der Waals surface area contributed by atoms with Crippen molar-refractivity contribution in [3.8, 4) is 11.5 Å². The number of phenolic OH excluding ortho intramolecular Hbond substituents is 1. The van der Waals surface area contributed by atoms with E-state index in [-0.39, 0.29) is 5.75 Å². The molecule has 0 radical (unpaired) electrons. The Morgan fingerprint density at radius 2 is 2.21 bits per heavy atom. The average molecular weight is 215 g/mol. The third kappa shape index (κ3) is 3.11. The molecule has 0 aliphatic rings. The molecule has 78 valence electrons. The predicted octanol–water partition coefficient (Wildman–Crippen LogP) is 2.96. The van der Waals surface area contributed by atoms with Crippen molar-refractivity contribution < 1.29 is 9.84 Å². The molecule has 0 bridgehead atoms. The Hall–Kier alpha value is -0.890. The van der Waals surface area contributed by atoms with E-state index >= 15 is 0 Å². The van der Waals surface area contributed by atoms with Gasteiger partial charge in [0.2, 0.25) is 0 Å². The maximum atomic E-state index is 9.44. The van der Waals surface area contributed by atoms with Crippen LogP contribution in [-0.4, -0.2) is 17.6 Å². The zero-order valence-electron chi connectivity index (χ0n) is 8.29. The Kier molecular flexibility index (Phi) is 4.60. The van der Waals surface area contributed by atoms with Crippen LogP contribution in [0.5, 0.6) is 11.5 Å². The second-order valence-corrected chi connectivity index (χ2v) is 3.41. The van der Waals surface area contributed by atoms with E-state index in [4.69, 9.17) is 16.3 Å². The molecular weight excluding hydrogens is 200 g/mol. The summed E-state index contributed by atoms with van der Waals surface area (Å²) in [6.07, 6.45) is 1.86. The van der Waals surface area contributed by atoms with Gasteiger partial charge in [0.05, 0.1) is 6.61 Å². The molecule has 1 aromatic carbocycles. The van der Waals surface area contributed by atoms with Crippen LogP contribution in [0.2, 0.25) is 0 Å². The number of aryl methyl sites for hydroxylation is 1. The molecule has 1 rings (SSSR count). The fraction of sp³-hybridized carbons (Fsp3) is 0.455. The number of aromatic hydroxyl groups is 1. The first-order chi connectivity index (χ1) is 6.77. The molecule has 0 atom stereocenters. The quantitative estimate of drug-likeness (QED) is 0.764. The van der Waals surface area contributed by atoms with E-state index < -0.39 is 0 Å². The SMILES string of the molecule is CCOc1cc(CCCCl)ccc1O. The van der Waals surface area contributed by atoms with E-state index in [2.05, 4.69) is 0 Å². The van der Waals surface area contributed by atoms with Crippen molar-refractivity contribution in [2.24, 2.45) is 0 Å². The van der Waals surface area contributed by atoms with E-state index in [1.54, 1.807) is 6.07 Å². The van der Waals surface area contributed by atoms with E-state index in [9.17, 15) is 5.11 Å². The fourth-order valence-electron chi connectivity index (χ4n) is 1.26. The summed E-state index contributed by atoms with van der Waals surface area (Å²) < 4.78 is 5.27. The number of halogens is 1. The van der Waals surface area contributed by atoms with E-state index in [0.29, 0.717) is 18.2 Å². The van der Waals surface area contributed by atoms with Crippen LogP contribution in [0.25, 0.3) is 0 Å². The van der Waals surface area contributed by atoms with Crippen molar-refractivity contribution in [3.63, 3.8) is 0 Å². The van der Waals surface area contributed by atoms with Gasteiger partial charge in [0, 0.05) is 5.88 Å². The lowest BCUT2D eigenvalue weighted by Crippen LogP contribution is -1.94. The molecule has 0 saturated carbocycles. The summed E-state index contributed by atoms with van der Waals surface area (Å²) in [4.78, 5) is 0. The summed E-state index contributed by atoms with van der Waals surface area (Å²) in [6, 6.07) is 5.42. The first-order valence-electron chi connectivity index (χ1n) is 4.78. The van der Waals surface area contributed by atoms with Gasteiger partial charge in [0.25, 0.3) is 0 Å². The van der Waals surface area contributed by atoms with Gasteiger partial charge in [0.1, 0.15) is 0 Å². The van der Waals surface area contributed by atoms with Gasteiger partial charge in [-0.15, -0.1) is 11.6 Å². The smallest absolute Gasteiger partial charge is 0.161 e. The van der Waals surface area contributed by atoms with E-state index in [1.807, 2.05) is 19.1 Å². The van der Waals surface area contributed by atoms with Crippen LogP contribution in [-0.2, 0) is 6.42 Å². The summed E-state index contributed by atoms with van der Waals surface area (Å²) in [6.45, 7) is 2.46. The first kappa shape index (κ1) is 11.2. The Labute approximate surface area is 89.5 Å².